The van der Waals surface area contributed by atoms with E-state index in [0.29, 0.717) is 16.9 Å². The minimum atomic E-state index is -4.55. The molecule has 1 aromatic heterocycles. The van der Waals surface area contributed by atoms with Crippen LogP contribution >= 0.6 is 0 Å². The van der Waals surface area contributed by atoms with Crippen molar-refractivity contribution in [3.05, 3.63) is 101 Å². The standard InChI is InChI=1S/C33H33F3N4O3/c1-39-20-26(19-37-39)23-10-12-28(31(17-23)43-2)30(41)16-22-7-6-8-24(15-22)32(42)38-27-11-9-25(29(18-27)33(34,35)36)21-40-13-4-3-5-14-40/h6-12,15,17-20H,3-5,13-14,16,21H2,1-2H3,(H,38,42). The van der Waals surface area contributed by atoms with Crippen molar-refractivity contribution in [3.63, 3.8) is 0 Å². The number of hydrogen-bond acceptors (Lipinski definition) is 5. The zero-order valence-corrected chi connectivity index (χ0v) is 24.1. The van der Waals surface area contributed by atoms with E-state index in [-0.39, 0.29) is 35.6 Å². The van der Waals surface area contributed by atoms with Gasteiger partial charge in [0.2, 0.25) is 0 Å². The number of piperidine rings is 1. The second-order valence-corrected chi connectivity index (χ2v) is 10.8. The largest absolute Gasteiger partial charge is 0.496 e. The Balaban J connectivity index is 1.29. The van der Waals surface area contributed by atoms with E-state index in [2.05, 4.69) is 10.4 Å². The Morgan fingerprint density at radius 3 is 2.47 bits per heavy atom. The average Bonchev–Trinajstić information content (AvgIpc) is 3.44. The number of methoxy groups -OCH3 is 1. The van der Waals surface area contributed by atoms with E-state index in [1.54, 1.807) is 47.3 Å². The van der Waals surface area contributed by atoms with Gasteiger partial charge in [0.05, 0.1) is 24.4 Å². The van der Waals surface area contributed by atoms with Crippen molar-refractivity contribution in [1.82, 2.24) is 14.7 Å². The highest BCUT2D eigenvalue weighted by Gasteiger charge is 2.34. The number of nitrogens with zero attached hydrogens (tertiary/aromatic N) is 3. The van der Waals surface area contributed by atoms with Crippen LogP contribution < -0.4 is 10.1 Å². The minimum Gasteiger partial charge on any atom is -0.496 e. The first kappa shape index (κ1) is 30.0. The number of halogens is 3. The quantitative estimate of drug-likeness (QED) is 0.218. The van der Waals surface area contributed by atoms with Crippen LogP contribution in [-0.4, -0.2) is 46.6 Å². The van der Waals surface area contributed by atoms with Gasteiger partial charge in [-0.25, -0.2) is 0 Å². The Morgan fingerprint density at radius 1 is 0.977 bits per heavy atom. The molecule has 7 nitrogen and oxygen atoms in total. The van der Waals surface area contributed by atoms with Crippen molar-refractivity contribution in [2.75, 3.05) is 25.5 Å². The monoisotopic (exact) mass is 590 g/mol. The summed E-state index contributed by atoms with van der Waals surface area (Å²) in [5.74, 6) is -0.347. The highest BCUT2D eigenvalue weighted by Crippen LogP contribution is 2.35. The molecule has 5 rings (SSSR count). The van der Waals surface area contributed by atoms with Gasteiger partial charge in [0.15, 0.2) is 5.78 Å². The molecule has 3 aromatic carbocycles. The van der Waals surface area contributed by atoms with Crippen molar-refractivity contribution in [2.45, 2.75) is 38.4 Å². The first-order valence-corrected chi connectivity index (χ1v) is 14.1. The van der Waals surface area contributed by atoms with Gasteiger partial charge >= 0.3 is 6.18 Å². The number of nitrogens with one attached hydrogen (secondary N) is 1. The number of rotatable bonds is 9. The molecule has 43 heavy (non-hydrogen) atoms. The van der Waals surface area contributed by atoms with Gasteiger partial charge in [-0.05, 0) is 79.0 Å². The number of hydrogen-bond donors (Lipinski definition) is 1. The summed E-state index contributed by atoms with van der Waals surface area (Å²) in [6.45, 7) is 1.77. The second kappa shape index (κ2) is 12.8. The number of likely N-dealkylation sites (tertiary alicyclic amines) is 1. The first-order chi connectivity index (χ1) is 20.6. The number of aromatic nitrogens is 2. The molecule has 1 N–H and O–H groups in total. The second-order valence-electron chi connectivity index (χ2n) is 10.8. The van der Waals surface area contributed by atoms with E-state index in [4.69, 9.17) is 4.74 Å². The first-order valence-electron chi connectivity index (χ1n) is 14.1. The highest BCUT2D eigenvalue weighted by atomic mass is 19.4. The van der Waals surface area contributed by atoms with Crippen LogP contribution in [-0.2, 0) is 26.2 Å². The zero-order valence-electron chi connectivity index (χ0n) is 24.1. The predicted molar refractivity (Wildman–Crippen MR) is 158 cm³/mol. The fourth-order valence-corrected chi connectivity index (χ4v) is 5.39. The minimum absolute atomic E-state index is 0.00708. The van der Waals surface area contributed by atoms with Gasteiger partial charge in [-0.15, -0.1) is 0 Å². The lowest BCUT2D eigenvalue weighted by Crippen LogP contribution is -2.30. The third-order valence-electron chi connectivity index (χ3n) is 7.61. The summed E-state index contributed by atoms with van der Waals surface area (Å²) in [6.07, 6.45) is 2.09. The molecule has 0 saturated carbocycles. The smallest absolute Gasteiger partial charge is 0.416 e. The molecule has 0 bridgehead atoms. The number of aryl methyl sites for hydroxylation is 1. The van der Waals surface area contributed by atoms with Gasteiger partial charge in [-0.2, -0.15) is 18.3 Å². The van der Waals surface area contributed by atoms with Gasteiger partial charge in [-0.3, -0.25) is 19.2 Å². The van der Waals surface area contributed by atoms with Crippen molar-refractivity contribution in [3.8, 4) is 16.9 Å². The zero-order chi connectivity index (χ0) is 30.6. The molecule has 0 unspecified atom stereocenters. The Morgan fingerprint density at radius 2 is 1.77 bits per heavy atom. The molecule has 2 heterocycles. The maximum absolute atomic E-state index is 13.9. The molecule has 0 radical (unpaired) electrons. The summed E-state index contributed by atoms with van der Waals surface area (Å²) in [6, 6.07) is 15.7. The van der Waals surface area contributed by atoms with Crippen LogP contribution in [0.5, 0.6) is 5.75 Å². The van der Waals surface area contributed by atoms with Crippen molar-refractivity contribution < 1.29 is 27.5 Å². The Hall–Kier alpha value is -4.44. The van der Waals surface area contributed by atoms with Crippen LogP contribution in [0.15, 0.2) is 73.1 Å². The summed E-state index contributed by atoms with van der Waals surface area (Å²) < 4.78 is 49.0. The molecule has 1 fully saturated rings. The van der Waals surface area contributed by atoms with Gasteiger partial charge in [0.25, 0.3) is 5.91 Å². The van der Waals surface area contributed by atoms with Gasteiger partial charge in [-0.1, -0.05) is 30.7 Å². The van der Waals surface area contributed by atoms with Crippen LogP contribution in [0.1, 0.15) is 56.7 Å². The Kier molecular flexibility index (Phi) is 8.96. The molecule has 1 saturated heterocycles. The van der Waals surface area contributed by atoms with E-state index in [9.17, 15) is 22.8 Å². The number of carbonyl (C=O) groups excluding carboxylic acids is 2. The van der Waals surface area contributed by atoms with Crippen LogP contribution in [0.2, 0.25) is 0 Å². The van der Waals surface area contributed by atoms with Crippen LogP contribution in [0.3, 0.4) is 0 Å². The Labute approximate surface area is 248 Å². The van der Waals surface area contributed by atoms with Crippen molar-refractivity contribution >= 4 is 17.4 Å². The fraction of sp³-hybridized carbons (Fsp3) is 0.303. The Bertz CT molecular complexity index is 1620. The third-order valence-corrected chi connectivity index (χ3v) is 7.61. The lowest BCUT2D eigenvalue weighted by atomic mass is 9.98. The number of ketones is 1. The number of amides is 1. The molecule has 0 atom stereocenters. The van der Waals surface area contributed by atoms with E-state index < -0.39 is 17.6 Å². The summed E-state index contributed by atoms with van der Waals surface area (Å²) >= 11 is 0. The molecule has 1 amide bonds. The molecule has 10 heteroatoms. The highest BCUT2D eigenvalue weighted by molar-refractivity contribution is 6.05. The number of alkyl halides is 3. The molecular formula is C33H33F3N4O3. The summed E-state index contributed by atoms with van der Waals surface area (Å²) in [4.78, 5) is 28.3. The van der Waals surface area contributed by atoms with Gasteiger partial charge < -0.3 is 10.1 Å². The molecule has 0 spiro atoms. The number of carbonyl (C=O) groups is 2. The summed E-state index contributed by atoms with van der Waals surface area (Å²) in [7, 11) is 3.31. The molecule has 1 aliphatic heterocycles. The van der Waals surface area contributed by atoms with Crippen LogP contribution in [0.25, 0.3) is 11.1 Å². The topological polar surface area (TPSA) is 76.5 Å². The average molecular weight is 591 g/mol. The van der Waals surface area contributed by atoms with Crippen molar-refractivity contribution in [2.24, 2.45) is 7.05 Å². The van der Waals surface area contributed by atoms with E-state index in [1.165, 1.54) is 19.2 Å². The number of anilines is 1. The van der Waals surface area contributed by atoms with Crippen LogP contribution in [0, 0.1) is 0 Å². The van der Waals surface area contributed by atoms with Crippen molar-refractivity contribution in [1.29, 1.82) is 0 Å². The number of Topliss-reactive ketones (excluding diaryl/α,β-unsaturated/α-hetero) is 1. The number of benzene rings is 3. The molecule has 224 valence electrons. The normalized spacial score (nSPS) is 14.0. The van der Waals surface area contributed by atoms with E-state index >= 15 is 0 Å². The summed E-state index contributed by atoms with van der Waals surface area (Å²) in [5, 5.41) is 6.77. The number of ether oxygens (including phenoxy) is 1. The molecule has 1 aliphatic rings. The maximum atomic E-state index is 13.9. The SMILES string of the molecule is COc1cc(-c2cnn(C)c2)ccc1C(=O)Cc1cccc(C(=O)Nc2ccc(CN3CCCCC3)c(C(F)(F)F)c2)c1. The molecular weight excluding hydrogens is 557 g/mol. The summed E-state index contributed by atoms with van der Waals surface area (Å²) in [5.41, 5.74) is 2.45. The lowest BCUT2D eigenvalue weighted by Gasteiger charge is -2.27. The third kappa shape index (κ3) is 7.32. The van der Waals surface area contributed by atoms with E-state index in [0.717, 1.165) is 49.5 Å². The predicted octanol–water partition coefficient (Wildman–Crippen LogP) is 6.78. The fourth-order valence-electron chi connectivity index (χ4n) is 5.39. The lowest BCUT2D eigenvalue weighted by molar-refractivity contribution is -0.138. The van der Waals surface area contributed by atoms with Crippen LogP contribution in [0.4, 0.5) is 18.9 Å². The van der Waals surface area contributed by atoms with Gasteiger partial charge in [0, 0.05) is 43.0 Å². The molecule has 0 aliphatic carbocycles. The maximum Gasteiger partial charge on any atom is 0.416 e. The van der Waals surface area contributed by atoms with E-state index in [1.807, 2.05) is 24.2 Å². The molecule has 4 aromatic rings. The van der Waals surface area contributed by atoms with Gasteiger partial charge in [0.1, 0.15) is 5.75 Å².